The summed E-state index contributed by atoms with van der Waals surface area (Å²) in [7, 11) is 3.80. The lowest BCUT2D eigenvalue weighted by molar-refractivity contribution is 0.793. The van der Waals surface area contributed by atoms with Crippen molar-refractivity contribution < 1.29 is 0 Å². The molecule has 0 saturated carbocycles. The molecule has 21 heavy (non-hydrogen) atoms. The molecule has 8 heteroatoms. The molecular weight excluding hydrogens is 268 g/mol. The summed E-state index contributed by atoms with van der Waals surface area (Å²) >= 11 is 0. The van der Waals surface area contributed by atoms with E-state index in [0.717, 1.165) is 16.9 Å². The third-order valence-electron chi connectivity index (χ3n) is 3.27. The molecule has 0 aliphatic carbocycles. The van der Waals surface area contributed by atoms with E-state index in [1.54, 1.807) is 10.9 Å². The van der Waals surface area contributed by atoms with Crippen LogP contribution in [-0.4, -0.2) is 44.3 Å². The number of fused-ring (bicyclic) bond motifs is 5. The topological polar surface area (TPSA) is 84.7 Å². The lowest BCUT2D eigenvalue weighted by atomic mass is 10.2. The minimum atomic E-state index is 0.618. The molecule has 2 aromatic heterocycles. The van der Waals surface area contributed by atoms with Gasteiger partial charge in [0.2, 0.25) is 5.95 Å². The van der Waals surface area contributed by atoms with Crippen molar-refractivity contribution in [2.45, 2.75) is 0 Å². The first kappa shape index (κ1) is 11.8. The maximum Gasteiger partial charge on any atom is 0.226 e. The molecule has 4 rings (SSSR count). The Morgan fingerprint density at radius 1 is 1.19 bits per heavy atom. The number of rotatable bonds is 1. The molecule has 0 unspecified atom stereocenters. The second-order valence-electron chi connectivity index (χ2n) is 4.88. The number of hydrogen-bond acceptors (Lipinski definition) is 7. The molecule has 1 aliphatic heterocycles. The zero-order valence-electron chi connectivity index (χ0n) is 11.5. The van der Waals surface area contributed by atoms with Crippen LogP contribution in [0, 0.1) is 0 Å². The van der Waals surface area contributed by atoms with Gasteiger partial charge in [-0.1, -0.05) is 12.1 Å². The Morgan fingerprint density at radius 3 is 2.90 bits per heavy atom. The van der Waals surface area contributed by atoms with Crippen molar-refractivity contribution in [2.75, 3.05) is 24.3 Å². The average molecular weight is 280 g/mol. The number of hydrogen-bond donors (Lipinski definition) is 1. The van der Waals surface area contributed by atoms with Crippen LogP contribution >= 0.6 is 0 Å². The predicted octanol–water partition coefficient (Wildman–Crippen LogP) is 1.24. The number of aromatic nitrogens is 6. The van der Waals surface area contributed by atoms with Crippen LogP contribution < -0.4 is 10.2 Å². The monoisotopic (exact) mass is 280 g/mol. The van der Waals surface area contributed by atoms with Crippen LogP contribution in [0.25, 0.3) is 17.1 Å². The van der Waals surface area contributed by atoms with E-state index < -0.39 is 0 Å². The number of tetrazole rings is 1. The Hall–Kier alpha value is -3.03. The van der Waals surface area contributed by atoms with Crippen molar-refractivity contribution in [1.29, 1.82) is 0 Å². The fourth-order valence-corrected chi connectivity index (χ4v) is 2.26. The molecule has 1 N–H and O–H groups in total. The highest BCUT2D eigenvalue weighted by molar-refractivity contribution is 5.81. The Kier molecular flexibility index (Phi) is 2.37. The second kappa shape index (κ2) is 4.23. The van der Waals surface area contributed by atoms with Crippen molar-refractivity contribution in [1.82, 2.24) is 30.2 Å². The molecule has 104 valence electrons. The quantitative estimate of drug-likeness (QED) is 0.561. The molecule has 8 nitrogen and oxygen atoms in total. The zero-order chi connectivity index (χ0) is 14.4. The second-order valence-corrected chi connectivity index (χ2v) is 4.88. The fourth-order valence-electron chi connectivity index (χ4n) is 2.26. The van der Waals surface area contributed by atoms with E-state index in [-0.39, 0.29) is 0 Å². The van der Waals surface area contributed by atoms with E-state index in [9.17, 15) is 0 Å². The van der Waals surface area contributed by atoms with E-state index in [1.165, 1.54) is 0 Å². The predicted molar refractivity (Wildman–Crippen MR) is 77.8 cm³/mol. The summed E-state index contributed by atoms with van der Waals surface area (Å²) < 4.78 is 1.69. The molecule has 1 aliphatic rings. The van der Waals surface area contributed by atoms with Crippen LogP contribution in [0.3, 0.4) is 0 Å². The lowest BCUT2D eigenvalue weighted by Crippen LogP contribution is -2.13. The van der Waals surface area contributed by atoms with Gasteiger partial charge < -0.3 is 10.2 Å². The van der Waals surface area contributed by atoms with E-state index in [1.807, 2.05) is 43.3 Å². The number of benzene rings is 1. The van der Waals surface area contributed by atoms with Crippen LogP contribution in [0.15, 0.2) is 30.5 Å². The normalized spacial score (nSPS) is 11.7. The highest BCUT2D eigenvalue weighted by Crippen LogP contribution is 2.35. The molecule has 0 amide bonds. The molecule has 3 aromatic rings. The zero-order valence-corrected chi connectivity index (χ0v) is 11.5. The van der Waals surface area contributed by atoms with E-state index in [0.29, 0.717) is 17.6 Å². The van der Waals surface area contributed by atoms with Gasteiger partial charge in [-0.15, -0.1) is 5.10 Å². The summed E-state index contributed by atoms with van der Waals surface area (Å²) in [5, 5.41) is 15.3. The molecule has 3 heterocycles. The van der Waals surface area contributed by atoms with Gasteiger partial charge in [-0.05, 0) is 22.6 Å². The molecule has 0 saturated heterocycles. The van der Waals surface area contributed by atoms with Crippen LogP contribution in [0.5, 0.6) is 0 Å². The summed E-state index contributed by atoms with van der Waals surface area (Å²) in [5.41, 5.74) is 2.54. The standard InChI is InChI=1S/C13H12N8/c1-20(2)13-14-7-8-11(16-13)15-9-5-3-4-6-10(9)21-12(8)17-18-19-21/h3-7H,1-2H3,(H,14,15,16). The Balaban J connectivity index is 2.01. The first-order valence-electron chi connectivity index (χ1n) is 6.43. The van der Waals surface area contributed by atoms with Crippen molar-refractivity contribution >= 4 is 17.5 Å². The Labute approximate surface area is 120 Å². The van der Waals surface area contributed by atoms with Gasteiger partial charge in [0, 0.05) is 20.3 Å². The molecule has 0 bridgehead atoms. The highest BCUT2D eigenvalue weighted by Gasteiger charge is 2.23. The third kappa shape index (κ3) is 1.72. The summed E-state index contributed by atoms with van der Waals surface area (Å²) in [4.78, 5) is 10.7. The number of anilines is 3. The summed E-state index contributed by atoms with van der Waals surface area (Å²) in [6, 6.07) is 7.81. The van der Waals surface area contributed by atoms with Crippen LogP contribution in [0.1, 0.15) is 0 Å². The lowest BCUT2D eigenvalue weighted by Gasteiger charge is -2.13. The van der Waals surface area contributed by atoms with Gasteiger partial charge >= 0.3 is 0 Å². The first-order valence-corrected chi connectivity index (χ1v) is 6.43. The van der Waals surface area contributed by atoms with E-state index in [2.05, 4.69) is 30.8 Å². The summed E-state index contributed by atoms with van der Waals surface area (Å²) in [6.07, 6.45) is 1.73. The molecule has 1 aromatic carbocycles. The largest absolute Gasteiger partial charge is 0.347 e. The molecule has 0 radical (unpaired) electrons. The molecular formula is C13H12N8. The van der Waals surface area contributed by atoms with E-state index in [4.69, 9.17) is 0 Å². The highest BCUT2D eigenvalue weighted by atomic mass is 15.5. The maximum atomic E-state index is 4.54. The van der Waals surface area contributed by atoms with Gasteiger partial charge in [-0.3, -0.25) is 0 Å². The molecule has 0 fully saturated rings. The van der Waals surface area contributed by atoms with Gasteiger partial charge in [-0.25, -0.2) is 4.98 Å². The Bertz CT molecular complexity index is 823. The van der Waals surface area contributed by atoms with Crippen molar-refractivity contribution in [3.05, 3.63) is 30.5 Å². The first-order chi connectivity index (χ1) is 10.2. The van der Waals surface area contributed by atoms with Crippen molar-refractivity contribution in [3.8, 4) is 17.1 Å². The van der Waals surface area contributed by atoms with Crippen LogP contribution in [0.2, 0.25) is 0 Å². The van der Waals surface area contributed by atoms with Crippen molar-refractivity contribution in [2.24, 2.45) is 0 Å². The van der Waals surface area contributed by atoms with Gasteiger partial charge in [0.1, 0.15) is 5.82 Å². The molecule has 0 spiro atoms. The summed E-state index contributed by atoms with van der Waals surface area (Å²) in [5.74, 6) is 1.93. The van der Waals surface area contributed by atoms with Crippen LogP contribution in [0.4, 0.5) is 17.5 Å². The maximum absolute atomic E-state index is 4.54. The fraction of sp³-hybridized carbons (Fsp3) is 0.154. The molecule has 0 atom stereocenters. The van der Waals surface area contributed by atoms with Crippen molar-refractivity contribution in [3.63, 3.8) is 0 Å². The number of nitrogens with zero attached hydrogens (tertiary/aromatic N) is 7. The minimum absolute atomic E-state index is 0.618. The number of para-hydroxylation sites is 2. The van der Waals surface area contributed by atoms with Gasteiger partial charge in [-0.2, -0.15) is 9.67 Å². The van der Waals surface area contributed by atoms with Gasteiger partial charge in [0.15, 0.2) is 5.82 Å². The number of nitrogens with one attached hydrogen (secondary N) is 1. The third-order valence-corrected chi connectivity index (χ3v) is 3.27. The van der Waals surface area contributed by atoms with Gasteiger partial charge in [0.25, 0.3) is 0 Å². The Morgan fingerprint density at radius 2 is 2.05 bits per heavy atom. The smallest absolute Gasteiger partial charge is 0.226 e. The SMILES string of the molecule is CN(C)c1ncc2c(n1)Nc1ccccc1-n1nnnc1-2. The minimum Gasteiger partial charge on any atom is -0.347 e. The van der Waals surface area contributed by atoms with E-state index >= 15 is 0 Å². The summed E-state index contributed by atoms with van der Waals surface area (Å²) in [6.45, 7) is 0. The van der Waals surface area contributed by atoms with Gasteiger partial charge in [0.05, 0.1) is 16.9 Å². The van der Waals surface area contributed by atoms with Crippen LogP contribution in [-0.2, 0) is 0 Å². The average Bonchev–Trinajstić information content (AvgIpc) is 2.92.